The van der Waals surface area contributed by atoms with Crippen molar-refractivity contribution < 1.29 is 4.57 Å². The molecule has 0 aliphatic carbocycles. The Kier molecular flexibility index (Phi) is 4.62. The SMILES string of the molecule is Cc1ccccc1SP(=O)(N(C)C)N(C)C. The van der Waals surface area contributed by atoms with E-state index in [1.54, 1.807) is 9.34 Å². The Morgan fingerprint density at radius 2 is 1.56 bits per heavy atom. The van der Waals surface area contributed by atoms with Gasteiger partial charge in [-0.15, -0.1) is 0 Å². The maximum absolute atomic E-state index is 12.7. The van der Waals surface area contributed by atoms with Gasteiger partial charge in [-0.25, -0.2) is 9.34 Å². The molecule has 0 aliphatic heterocycles. The summed E-state index contributed by atoms with van der Waals surface area (Å²) in [5.74, 6) is 0. The van der Waals surface area contributed by atoms with Crippen LogP contribution in [0.4, 0.5) is 0 Å². The van der Waals surface area contributed by atoms with E-state index in [1.165, 1.54) is 11.4 Å². The van der Waals surface area contributed by atoms with E-state index in [2.05, 4.69) is 0 Å². The third-order valence-corrected chi connectivity index (χ3v) is 8.50. The Bertz CT molecular complexity index is 395. The predicted octanol–water partition coefficient (Wildman–Crippen LogP) is 3.32. The van der Waals surface area contributed by atoms with Crippen LogP contribution in [0, 0.1) is 6.92 Å². The second kappa shape index (κ2) is 5.37. The maximum atomic E-state index is 12.7. The van der Waals surface area contributed by atoms with E-state index in [-0.39, 0.29) is 0 Å². The third-order valence-electron chi connectivity index (χ3n) is 2.32. The van der Waals surface area contributed by atoms with E-state index in [4.69, 9.17) is 0 Å². The van der Waals surface area contributed by atoms with Crippen molar-refractivity contribution in [2.75, 3.05) is 28.2 Å². The van der Waals surface area contributed by atoms with E-state index in [0.717, 1.165) is 10.5 Å². The van der Waals surface area contributed by atoms with Gasteiger partial charge in [0.05, 0.1) is 0 Å². The van der Waals surface area contributed by atoms with Crippen molar-refractivity contribution in [2.24, 2.45) is 0 Å². The van der Waals surface area contributed by atoms with E-state index < -0.39 is 6.65 Å². The normalized spacial score (nSPS) is 12.4. The number of aryl methyl sites for hydroxylation is 1. The molecule has 0 unspecified atom stereocenters. The van der Waals surface area contributed by atoms with Crippen LogP contribution in [0.3, 0.4) is 0 Å². The van der Waals surface area contributed by atoms with Gasteiger partial charge in [0.15, 0.2) is 0 Å². The van der Waals surface area contributed by atoms with E-state index in [1.807, 2.05) is 59.4 Å². The average molecular weight is 258 g/mol. The average Bonchev–Trinajstić information content (AvgIpc) is 2.20. The molecule has 16 heavy (non-hydrogen) atoms. The van der Waals surface area contributed by atoms with Crippen molar-refractivity contribution in [2.45, 2.75) is 11.8 Å². The summed E-state index contributed by atoms with van der Waals surface area (Å²) in [5, 5.41) is 0. The van der Waals surface area contributed by atoms with Crippen LogP contribution in [0.5, 0.6) is 0 Å². The minimum atomic E-state index is -2.53. The fourth-order valence-electron chi connectivity index (χ4n) is 1.31. The first-order valence-electron chi connectivity index (χ1n) is 5.09. The van der Waals surface area contributed by atoms with Crippen LogP contribution in [0.2, 0.25) is 0 Å². The topological polar surface area (TPSA) is 23.6 Å². The van der Waals surface area contributed by atoms with Crippen LogP contribution in [0.1, 0.15) is 5.56 Å². The van der Waals surface area contributed by atoms with Gasteiger partial charge in [-0.3, -0.25) is 4.57 Å². The highest BCUT2D eigenvalue weighted by molar-refractivity contribution is 8.56. The molecule has 1 rings (SSSR count). The molecule has 0 atom stereocenters. The zero-order valence-electron chi connectivity index (χ0n) is 10.5. The summed E-state index contributed by atoms with van der Waals surface area (Å²) in [4.78, 5) is 1.08. The summed E-state index contributed by atoms with van der Waals surface area (Å²) in [5.41, 5.74) is 1.16. The third kappa shape index (κ3) is 2.89. The van der Waals surface area contributed by atoms with Gasteiger partial charge in [0, 0.05) is 4.90 Å². The fraction of sp³-hybridized carbons (Fsp3) is 0.455. The molecule has 3 nitrogen and oxygen atoms in total. The lowest BCUT2D eigenvalue weighted by Gasteiger charge is -2.29. The lowest BCUT2D eigenvalue weighted by atomic mass is 10.2. The lowest BCUT2D eigenvalue weighted by Crippen LogP contribution is -2.18. The zero-order chi connectivity index (χ0) is 12.3. The molecule has 0 aliphatic rings. The first kappa shape index (κ1) is 13.8. The smallest absolute Gasteiger partial charge is 0.275 e. The molecule has 1 aromatic carbocycles. The molecule has 0 aromatic heterocycles. The highest BCUT2D eigenvalue weighted by Crippen LogP contribution is 2.64. The largest absolute Gasteiger partial charge is 0.276 e. The Balaban J connectivity index is 3.03. The fourth-order valence-corrected chi connectivity index (χ4v) is 5.32. The van der Waals surface area contributed by atoms with Crippen molar-refractivity contribution in [3.05, 3.63) is 29.8 Å². The molecule has 90 valence electrons. The van der Waals surface area contributed by atoms with Gasteiger partial charge in [0.2, 0.25) is 0 Å². The zero-order valence-corrected chi connectivity index (χ0v) is 12.2. The molecule has 5 heteroatoms. The monoisotopic (exact) mass is 258 g/mol. The molecular formula is C11H19N2OPS. The van der Waals surface area contributed by atoms with Gasteiger partial charge < -0.3 is 0 Å². The minimum absolute atomic E-state index is 1.08. The number of hydrogen-bond acceptors (Lipinski definition) is 2. The molecule has 0 heterocycles. The van der Waals surface area contributed by atoms with Crippen molar-refractivity contribution in [3.8, 4) is 0 Å². The number of nitrogens with zero attached hydrogens (tertiary/aromatic N) is 2. The van der Waals surface area contributed by atoms with Gasteiger partial charge >= 0.3 is 0 Å². The second-order valence-electron chi connectivity index (χ2n) is 4.04. The lowest BCUT2D eigenvalue weighted by molar-refractivity contribution is 0.468. The van der Waals surface area contributed by atoms with Crippen molar-refractivity contribution in [1.29, 1.82) is 0 Å². The molecular weight excluding hydrogens is 239 g/mol. The number of benzene rings is 1. The summed E-state index contributed by atoms with van der Waals surface area (Å²) < 4.78 is 16.3. The highest BCUT2D eigenvalue weighted by atomic mass is 32.7. The van der Waals surface area contributed by atoms with E-state index in [9.17, 15) is 4.57 Å². The van der Waals surface area contributed by atoms with Gasteiger partial charge in [-0.05, 0) is 58.1 Å². The molecule has 0 amide bonds. The van der Waals surface area contributed by atoms with Crippen LogP contribution >= 0.6 is 18.0 Å². The van der Waals surface area contributed by atoms with Crippen LogP contribution < -0.4 is 0 Å². The number of rotatable bonds is 4. The maximum Gasteiger partial charge on any atom is 0.275 e. The van der Waals surface area contributed by atoms with Gasteiger partial charge in [-0.2, -0.15) is 0 Å². The molecule has 0 saturated heterocycles. The molecule has 0 N–H and O–H groups in total. The Labute approximate surface area is 102 Å². The van der Waals surface area contributed by atoms with Crippen molar-refractivity contribution in [3.63, 3.8) is 0 Å². The molecule has 1 aromatic rings. The van der Waals surface area contributed by atoms with Crippen molar-refractivity contribution in [1.82, 2.24) is 9.34 Å². The Morgan fingerprint density at radius 3 is 2.00 bits per heavy atom. The summed E-state index contributed by atoms with van der Waals surface area (Å²) >= 11 is 1.44. The molecule has 0 bridgehead atoms. The van der Waals surface area contributed by atoms with E-state index >= 15 is 0 Å². The first-order chi connectivity index (χ1) is 7.38. The summed E-state index contributed by atoms with van der Waals surface area (Å²) in [6.45, 7) is -0.489. The molecule has 0 radical (unpaired) electrons. The highest BCUT2D eigenvalue weighted by Gasteiger charge is 2.29. The quantitative estimate of drug-likeness (QED) is 0.773. The minimum Gasteiger partial charge on any atom is -0.276 e. The van der Waals surface area contributed by atoms with Crippen LogP contribution in [0.15, 0.2) is 29.2 Å². The summed E-state index contributed by atoms with van der Waals surface area (Å²) in [6, 6.07) is 8.03. The predicted molar refractivity (Wildman–Crippen MR) is 72.0 cm³/mol. The molecule has 0 fully saturated rings. The Morgan fingerprint density at radius 1 is 1.06 bits per heavy atom. The number of hydrogen-bond donors (Lipinski definition) is 0. The Hall–Kier alpha value is -0.280. The van der Waals surface area contributed by atoms with Gasteiger partial charge in [-0.1, -0.05) is 18.2 Å². The van der Waals surface area contributed by atoms with E-state index in [0.29, 0.717) is 0 Å². The first-order valence-corrected chi connectivity index (χ1v) is 8.12. The summed E-state index contributed by atoms with van der Waals surface area (Å²) in [6.07, 6.45) is 0. The van der Waals surface area contributed by atoms with Crippen LogP contribution in [0.25, 0.3) is 0 Å². The molecule has 0 spiro atoms. The van der Waals surface area contributed by atoms with Crippen LogP contribution in [-0.4, -0.2) is 37.5 Å². The second-order valence-corrected chi connectivity index (χ2v) is 9.22. The standard InChI is InChI=1S/C11H19N2OPS/c1-10-8-6-7-9-11(10)16-15(14,12(2)3)13(4)5/h6-9H,1-5H3. The van der Waals surface area contributed by atoms with Crippen LogP contribution in [-0.2, 0) is 4.57 Å². The van der Waals surface area contributed by atoms with Gasteiger partial charge in [0.25, 0.3) is 6.65 Å². The van der Waals surface area contributed by atoms with Gasteiger partial charge in [0.1, 0.15) is 0 Å². The van der Waals surface area contributed by atoms with Crippen molar-refractivity contribution >= 4 is 18.0 Å². The summed E-state index contributed by atoms with van der Waals surface area (Å²) in [7, 11) is 7.41. The molecule has 0 saturated carbocycles.